The van der Waals surface area contributed by atoms with Gasteiger partial charge in [0.25, 0.3) is 0 Å². The van der Waals surface area contributed by atoms with Crippen LogP contribution in [-0.4, -0.2) is 55.1 Å². The molecule has 1 unspecified atom stereocenters. The Morgan fingerprint density at radius 3 is 2.48 bits per heavy atom. The van der Waals surface area contributed by atoms with Gasteiger partial charge < -0.3 is 9.64 Å². The fraction of sp³-hybridized carbons (Fsp3) is 0.526. The lowest BCUT2D eigenvalue weighted by Crippen LogP contribution is -2.43. The van der Waals surface area contributed by atoms with Gasteiger partial charge in [0.2, 0.25) is 0 Å². The first-order valence-electron chi connectivity index (χ1n) is 8.45. The maximum absolute atomic E-state index is 12.1. The molecule has 1 aromatic carbocycles. The Morgan fingerprint density at radius 1 is 1.26 bits per heavy atom. The zero-order chi connectivity index (χ0) is 16.7. The van der Waals surface area contributed by atoms with Crippen molar-refractivity contribution in [3.05, 3.63) is 48.0 Å². The largest absolute Gasteiger partial charge is 0.455 e. The third-order valence-electron chi connectivity index (χ3n) is 4.29. The molecule has 0 saturated carbocycles. The van der Waals surface area contributed by atoms with Gasteiger partial charge in [-0.1, -0.05) is 38.1 Å². The summed E-state index contributed by atoms with van der Waals surface area (Å²) in [4.78, 5) is 16.9. The number of piperazine rings is 1. The summed E-state index contributed by atoms with van der Waals surface area (Å²) in [7, 11) is 2.16. The topological polar surface area (TPSA) is 32.8 Å². The van der Waals surface area contributed by atoms with E-state index < -0.39 is 0 Å². The Hall–Kier alpha value is -1.65. The zero-order valence-corrected chi connectivity index (χ0v) is 14.3. The van der Waals surface area contributed by atoms with Gasteiger partial charge in [0, 0.05) is 32.7 Å². The molecule has 4 nitrogen and oxygen atoms in total. The Balaban J connectivity index is 1.88. The van der Waals surface area contributed by atoms with Crippen molar-refractivity contribution in [2.24, 2.45) is 0 Å². The second-order valence-electron chi connectivity index (χ2n) is 6.24. The van der Waals surface area contributed by atoms with Gasteiger partial charge >= 0.3 is 5.97 Å². The SMILES string of the molecule is C=CC(CCC)OC(=O)c1ccc(CN2CCN(C)CC2)cc1. The number of rotatable bonds is 7. The molecule has 0 spiro atoms. The van der Waals surface area contributed by atoms with Crippen molar-refractivity contribution in [3.63, 3.8) is 0 Å². The summed E-state index contributed by atoms with van der Waals surface area (Å²) in [6, 6.07) is 7.77. The highest BCUT2D eigenvalue weighted by Gasteiger charge is 2.15. The lowest BCUT2D eigenvalue weighted by molar-refractivity contribution is 0.0380. The molecule has 0 aliphatic carbocycles. The molecule has 23 heavy (non-hydrogen) atoms. The lowest BCUT2D eigenvalue weighted by atomic mass is 10.1. The summed E-state index contributed by atoms with van der Waals surface area (Å²) in [6.07, 6.45) is 3.28. The highest BCUT2D eigenvalue weighted by Crippen LogP contribution is 2.12. The van der Waals surface area contributed by atoms with Crippen molar-refractivity contribution < 1.29 is 9.53 Å². The number of carbonyl (C=O) groups excluding carboxylic acids is 1. The highest BCUT2D eigenvalue weighted by molar-refractivity contribution is 5.89. The average Bonchev–Trinajstić information content (AvgIpc) is 2.57. The number of likely N-dealkylation sites (N-methyl/N-ethyl adjacent to an activating group) is 1. The molecule has 126 valence electrons. The summed E-state index contributed by atoms with van der Waals surface area (Å²) in [5.74, 6) is -0.269. The zero-order valence-electron chi connectivity index (χ0n) is 14.3. The Kier molecular flexibility index (Phi) is 6.81. The van der Waals surface area contributed by atoms with Crippen molar-refractivity contribution in [1.82, 2.24) is 9.80 Å². The molecule has 1 aromatic rings. The Bertz CT molecular complexity index is 505. The second-order valence-corrected chi connectivity index (χ2v) is 6.24. The van der Waals surface area contributed by atoms with Crippen LogP contribution >= 0.6 is 0 Å². The van der Waals surface area contributed by atoms with Crippen molar-refractivity contribution in [1.29, 1.82) is 0 Å². The normalized spacial score (nSPS) is 17.7. The van der Waals surface area contributed by atoms with E-state index in [-0.39, 0.29) is 12.1 Å². The summed E-state index contributed by atoms with van der Waals surface area (Å²) < 4.78 is 5.45. The second kappa shape index (κ2) is 8.85. The molecule has 0 aromatic heterocycles. The molecule has 2 rings (SSSR count). The molecule has 0 radical (unpaired) electrons. The van der Waals surface area contributed by atoms with Crippen LogP contribution in [0.4, 0.5) is 0 Å². The van der Waals surface area contributed by atoms with E-state index in [1.807, 2.05) is 24.3 Å². The summed E-state index contributed by atoms with van der Waals surface area (Å²) >= 11 is 0. The van der Waals surface area contributed by atoms with Crippen molar-refractivity contribution in [2.75, 3.05) is 33.2 Å². The van der Waals surface area contributed by atoms with Gasteiger partial charge in [-0.15, -0.1) is 0 Å². The van der Waals surface area contributed by atoms with E-state index in [2.05, 4.69) is 30.4 Å². The predicted molar refractivity (Wildman–Crippen MR) is 93.5 cm³/mol. The predicted octanol–water partition coefficient (Wildman–Crippen LogP) is 2.95. The quantitative estimate of drug-likeness (QED) is 0.572. The molecule has 1 heterocycles. The number of benzene rings is 1. The number of nitrogens with zero attached hydrogens (tertiary/aromatic N) is 2. The molecule has 1 saturated heterocycles. The molecular formula is C19H28N2O2. The van der Waals surface area contributed by atoms with Gasteiger partial charge in [-0.05, 0) is 31.2 Å². The average molecular weight is 316 g/mol. The van der Waals surface area contributed by atoms with Crippen LogP contribution in [-0.2, 0) is 11.3 Å². The van der Waals surface area contributed by atoms with Gasteiger partial charge in [-0.3, -0.25) is 4.90 Å². The van der Waals surface area contributed by atoms with E-state index in [0.717, 1.165) is 45.6 Å². The van der Waals surface area contributed by atoms with Crippen molar-refractivity contribution >= 4 is 5.97 Å². The highest BCUT2D eigenvalue weighted by atomic mass is 16.5. The molecular weight excluding hydrogens is 288 g/mol. The van der Waals surface area contributed by atoms with E-state index in [1.54, 1.807) is 6.08 Å². The maximum Gasteiger partial charge on any atom is 0.338 e. The standard InChI is InChI=1S/C19H28N2O2/c1-4-6-18(5-2)23-19(22)17-9-7-16(8-10-17)15-21-13-11-20(3)12-14-21/h5,7-10,18H,2,4,6,11-15H2,1,3H3. The molecule has 0 bridgehead atoms. The van der Waals surface area contributed by atoms with Gasteiger partial charge in [0.15, 0.2) is 0 Å². The first-order valence-corrected chi connectivity index (χ1v) is 8.45. The Labute approximate surface area is 139 Å². The van der Waals surface area contributed by atoms with E-state index in [9.17, 15) is 4.79 Å². The first kappa shape index (κ1) is 17.7. The third kappa shape index (κ3) is 5.48. The van der Waals surface area contributed by atoms with Crippen LogP contribution in [0, 0.1) is 0 Å². The fourth-order valence-electron chi connectivity index (χ4n) is 2.73. The molecule has 1 atom stereocenters. The van der Waals surface area contributed by atoms with Gasteiger partial charge in [-0.2, -0.15) is 0 Å². The number of ether oxygens (including phenoxy) is 1. The van der Waals surface area contributed by atoms with E-state index in [1.165, 1.54) is 5.56 Å². The maximum atomic E-state index is 12.1. The molecule has 0 amide bonds. The lowest BCUT2D eigenvalue weighted by Gasteiger charge is -2.32. The van der Waals surface area contributed by atoms with Crippen LogP contribution in [0.2, 0.25) is 0 Å². The van der Waals surface area contributed by atoms with Crippen LogP contribution in [0.1, 0.15) is 35.7 Å². The summed E-state index contributed by atoms with van der Waals surface area (Å²) in [5.41, 5.74) is 1.84. The number of esters is 1. The van der Waals surface area contributed by atoms with Crippen LogP contribution < -0.4 is 0 Å². The minimum atomic E-state index is -0.269. The van der Waals surface area contributed by atoms with Crippen LogP contribution in [0.3, 0.4) is 0 Å². The van der Waals surface area contributed by atoms with Crippen LogP contribution in [0.15, 0.2) is 36.9 Å². The minimum absolute atomic E-state index is 0.197. The van der Waals surface area contributed by atoms with E-state index in [0.29, 0.717) is 5.56 Å². The fourth-order valence-corrected chi connectivity index (χ4v) is 2.73. The molecule has 4 heteroatoms. The summed E-state index contributed by atoms with van der Waals surface area (Å²) in [6.45, 7) is 11.2. The van der Waals surface area contributed by atoms with E-state index in [4.69, 9.17) is 4.74 Å². The third-order valence-corrected chi connectivity index (χ3v) is 4.29. The van der Waals surface area contributed by atoms with Gasteiger partial charge in [0.05, 0.1) is 5.56 Å². The van der Waals surface area contributed by atoms with Crippen LogP contribution in [0.25, 0.3) is 0 Å². The Morgan fingerprint density at radius 2 is 1.91 bits per heavy atom. The van der Waals surface area contributed by atoms with E-state index >= 15 is 0 Å². The summed E-state index contributed by atoms with van der Waals surface area (Å²) in [5, 5.41) is 0. The molecule has 1 fully saturated rings. The first-order chi connectivity index (χ1) is 11.1. The van der Waals surface area contributed by atoms with Crippen molar-refractivity contribution in [2.45, 2.75) is 32.4 Å². The molecule has 1 aliphatic rings. The number of hydrogen-bond acceptors (Lipinski definition) is 4. The van der Waals surface area contributed by atoms with Crippen molar-refractivity contribution in [3.8, 4) is 0 Å². The monoisotopic (exact) mass is 316 g/mol. The number of carbonyl (C=O) groups is 1. The number of hydrogen-bond donors (Lipinski definition) is 0. The molecule has 1 aliphatic heterocycles. The van der Waals surface area contributed by atoms with Gasteiger partial charge in [0.1, 0.15) is 6.10 Å². The molecule has 0 N–H and O–H groups in total. The van der Waals surface area contributed by atoms with Crippen LogP contribution in [0.5, 0.6) is 0 Å². The minimum Gasteiger partial charge on any atom is -0.455 e. The smallest absolute Gasteiger partial charge is 0.338 e. The van der Waals surface area contributed by atoms with Gasteiger partial charge in [-0.25, -0.2) is 4.79 Å².